The Kier molecular flexibility index (Phi) is 5.47. The van der Waals surface area contributed by atoms with E-state index in [0.717, 1.165) is 11.4 Å². The Bertz CT molecular complexity index is 1160. The van der Waals surface area contributed by atoms with Gasteiger partial charge in [0.2, 0.25) is 11.9 Å². The van der Waals surface area contributed by atoms with Crippen LogP contribution in [0.5, 0.6) is 5.75 Å². The maximum absolute atomic E-state index is 14.1. The lowest BCUT2D eigenvalue weighted by Gasteiger charge is -2.13. The molecule has 154 valence electrons. The molecule has 4 aromatic rings. The lowest BCUT2D eigenvalue weighted by Crippen LogP contribution is -2.10. The number of benzene rings is 2. The molecular formula is C22H23FN6O. The van der Waals surface area contributed by atoms with Crippen molar-refractivity contribution in [2.45, 2.75) is 20.4 Å². The lowest BCUT2D eigenvalue weighted by atomic mass is 10.2. The third kappa shape index (κ3) is 4.17. The molecule has 2 aromatic heterocycles. The van der Waals surface area contributed by atoms with Crippen molar-refractivity contribution in [3.05, 3.63) is 60.5 Å². The summed E-state index contributed by atoms with van der Waals surface area (Å²) in [6.45, 7) is 4.89. The summed E-state index contributed by atoms with van der Waals surface area (Å²) in [7, 11) is 1.63. The van der Waals surface area contributed by atoms with Gasteiger partial charge in [-0.25, -0.2) is 14.4 Å². The van der Waals surface area contributed by atoms with E-state index in [4.69, 9.17) is 4.74 Å². The maximum Gasteiger partial charge on any atom is 0.229 e. The second-order valence-electron chi connectivity index (χ2n) is 7.30. The average molecular weight is 406 g/mol. The topological polar surface area (TPSA) is 76.9 Å². The zero-order valence-corrected chi connectivity index (χ0v) is 17.1. The summed E-state index contributed by atoms with van der Waals surface area (Å²) in [6, 6.07) is 14.0. The fourth-order valence-corrected chi connectivity index (χ4v) is 3.10. The van der Waals surface area contributed by atoms with Crippen molar-refractivity contribution in [1.29, 1.82) is 0 Å². The molecule has 0 spiro atoms. The lowest BCUT2D eigenvalue weighted by molar-refractivity contribution is 0.415. The molecule has 0 radical (unpaired) electrons. The fraction of sp³-hybridized carbons (Fsp3) is 0.227. The Morgan fingerprint density at radius 1 is 1.03 bits per heavy atom. The summed E-state index contributed by atoms with van der Waals surface area (Å²) in [6.07, 6.45) is 1.66. The molecule has 2 heterocycles. The number of halogens is 1. The van der Waals surface area contributed by atoms with Crippen LogP contribution in [0, 0.1) is 11.7 Å². The quantitative estimate of drug-likeness (QED) is 0.444. The minimum atomic E-state index is -0.339. The first-order chi connectivity index (χ1) is 14.5. The molecule has 0 saturated carbocycles. The highest BCUT2D eigenvalue weighted by Gasteiger charge is 2.16. The molecular weight excluding hydrogens is 383 g/mol. The van der Waals surface area contributed by atoms with Gasteiger partial charge in [0.05, 0.1) is 19.0 Å². The minimum Gasteiger partial charge on any atom is -0.497 e. The molecule has 0 atom stereocenters. The monoisotopic (exact) mass is 406 g/mol. The second-order valence-corrected chi connectivity index (χ2v) is 7.30. The number of aromatic nitrogens is 4. The molecule has 30 heavy (non-hydrogen) atoms. The highest BCUT2D eigenvalue weighted by Crippen LogP contribution is 2.25. The van der Waals surface area contributed by atoms with Gasteiger partial charge in [-0.05, 0) is 42.3 Å². The first kappa shape index (κ1) is 19.6. The van der Waals surface area contributed by atoms with Crippen molar-refractivity contribution < 1.29 is 9.13 Å². The Morgan fingerprint density at radius 3 is 2.50 bits per heavy atom. The van der Waals surface area contributed by atoms with Crippen molar-refractivity contribution in [3.8, 4) is 5.75 Å². The maximum atomic E-state index is 14.1. The second kappa shape index (κ2) is 8.36. The summed E-state index contributed by atoms with van der Waals surface area (Å²) in [5.74, 6) is 1.76. The number of anilines is 4. The average Bonchev–Trinajstić information content (AvgIpc) is 3.06. The molecule has 0 amide bonds. The molecule has 0 fully saturated rings. The van der Waals surface area contributed by atoms with Crippen LogP contribution in [0.4, 0.5) is 27.7 Å². The van der Waals surface area contributed by atoms with E-state index >= 15 is 0 Å². The number of nitrogens with zero attached hydrogens (tertiary/aromatic N) is 4. The normalized spacial score (nSPS) is 11.1. The Balaban J connectivity index is 1.69. The van der Waals surface area contributed by atoms with Gasteiger partial charge in [-0.1, -0.05) is 26.0 Å². The van der Waals surface area contributed by atoms with Gasteiger partial charge < -0.3 is 15.4 Å². The molecule has 0 bridgehead atoms. The first-order valence-corrected chi connectivity index (χ1v) is 9.69. The van der Waals surface area contributed by atoms with Crippen molar-refractivity contribution in [2.24, 2.45) is 5.92 Å². The van der Waals surface area contributed by atoms with E-state index in [1.807, 2.05) is 28.8 Å². The van der Waals surface area contributed by atoms with Crippen LogP contribution in [0.3, 0.4) is 0 Å². The van der Waals surface area contributed by atoms with Gasteiger partial charge >= 0.3 is 0 Å². The van der Waals surface area contributed by atoms with Crippen LogP contribution in [-0.4, -0.2) is 26.6 Å². The van der Waals surface area contributed by atoms with Gasteiger partial charge in [-0.3, -0.25) is 4.57 Å². The van der Waals surface area contributed by atoms with Gasteiger partial charge in [0.1, 0.15) is 17.1 Å². The number of rotatable bonds is 7. The van der Waals surface area contributed by atoms with Crippen LogP contribution in [0.2, 0.25) is 0 Å². The molecule has 0 aliphatic heterocycles. The Labute approximate surface area is 174 Å². The predicted molar refractivity (Wildman–Crippen MR) is 116 cm³/mol. The molecule has 8 heteroatoms. The van der Waals surface area contributed by atoms with Crippen LogP contribution in [-0.2, 0) is 6.54 Å². The van der Waals surface area contributed by atoms with E-state index in [1.54, 1.807) is 31.5 Å². The third-order valence-corrected chi connectivity index (χ3v) is 4.50. The molecule has 4 rings (SSSR count). The molecule has 2 N–H and O–H groups in total. The van der Waals surface area contributed by atoms with Gasteiger partial charge in [-0.15, -0.1) is 0 Å². The highest BCUT2D eigenvalue weighted by molar-refractivity contribution is 5.77. The van der Waals surface area contributed by atoms with Gasteiger partial charge in [-0.2, -0.15) is 4.98 Å². The van der Waals surface area contributed by atoms with Gasteiger partial charge in [0.25, 0.3) is 0 Å². The summed E-state index contributed by atoms with van der Waals surface area (Å²) in [5, 5.41) is 6.29. The summed E-state index contributed by atoms with van der Waals surface area (Å²) >= 11 is 0. The number of hydrogen-bond acceptors (Lipinski definition) is 6. The standard InChI is InChI=1S/C22H23FN6O/c1-14(2)13-29-20-19(27-22(29)26-18-7-5-4-6-17(18)23)12-24-21(28-20)25-15-8-10-16(30-3)11-9-15/h4-12,14H,13H2,1-3H3,(H,26,27)(H,24,25,28). The summed E-state index contributed by atoms with van der Waals surface area (Å²) < 4.78 is 21.3. The third-order valence-electron chi connectivity index (χ3n) is 4.50. The van der Waals surface area contributed by atoms with Crippen LogP contribution >= 0.6 is 0 Å². The van der Waals surface area contributed by atoms with Crippen LogP contribution in [0.25, 0.3) is 11.2 Å². The van der Waals surface area contributed by atoms with E-state index in [9.17, 15) is 4.39 Å². The van der Waals surface area contributed by atoms with Gasteiger partial charge in [0.15, 0.2) is 5.65 Å². The predicted octanol–water partition coefficient (Wildman–Crippen LogP) is 5.12. The largest absolute Gasteiger partial charge is 0.497 e. The number of ether oxygens (including phenoxy) is 1. The van der Waals surface area contributed by atoms with E-state index in [2.05, 4.69) is 39.4 Å². The van der Waals surface area contributed by atoms with E-state index in [1.165, 1.54) is 6.07 Å². The molecule has 0 unspecified atom stereocenters. The summed E-state index contributed by atoms with van der Waals surface area (Å²) in [5.41, 5.74) is 2.51. The zero-order valence-electron chi connectivity index (χ0n) is 17.1. The highest BCUT2D eigenvalue weighted by atomic mass is 19.1. The fourth-order valence-electron chi connectivity index (χ4n) is 3.10. The zero-order chi connectivity index (χ0) is 21.1. The van der Waals surface area contributed by atoms with E-state index < -0.39 is 0 Å². The number of imidazole rings is 1. The molecule has 2 aromatic carbocycles. The smallest absolute Gasteiger partial charge is 0.229 e. The van der Waals surface area contributed by atoms with Crippen LogP contribution in [0.1, 0.15) is 13.8 Å². The van der Waals surface area contributed by atoms with Crippen LogP contribution in [0.15, 0.2) is 54.7 Å². The SMILES string of the molecule is COc1ccc(Nc2ncc3nc(Nc4ccccc4F)n(CC(C)C)c3n2)cc1. The molecule has 0 saturated heterocycles. The van der Waals surface area contributed by atoms with E-state index in [-0.39, 0.29) is 5.82 Å². The molecule has 0 aliphatic carbocycles. The Morgan fingerprint density at radius 2 is 1.80 bits per heavy atom. The molecule has 0 aliphatic rings. The number of para-hydroxylation sites is 1. The van der Waals surface area contributed by atoms with Gasteiger partial charge in [0, 0.05) is 12.2 Å². The van der Waals surface area contributed by atoms with Crippen LogP contribution < -0.4 is 15.4 Å². The van der Waals surface area contributed by atoms with Crippen molar-refractivity contribution >= 4 is 34.4 Å². The number of fused-ring (bicyclic) bond motifs is 1. The van der Waals surface area contributed by atoms with Crippen molar-refractivity contribution in [3.63, 3.8) is 0 Å². The van der Waals surface area contributed by atoms with Crippen molar-refractivity contribution in [1.82, 2.24) is 19.5 Å². The number of hydrogen-bond donors (Lipinski definition) is 2. The molecule has 7 nitrogen and oxygen atoms in total. The number of methoxy groups -OCH3 is 1. The summed E-state index contributed by atoms with van der Waals surface area (Å²) in [4.78, 5) is 13.6. The minimum absolute atomic E-state index is 0.339. The van der Waals surface area contributed by atoms with Crippen molar-refractivity contribution in [2.75, 3.05) is 17.7 Å². The van der Waals surface area contributed by atoms with E-state index in [0.29, 0.717) is 41.2 Å². The Hall–Kier alpha value is -3.68. The first-order valence-electron chi connectivity index (χ1n) is 9.69. The number of nitrogens with one attached hydrogen (secondary N) is 2.